The maximum atomic E-state index is 15.7. The van der Waals surface area contributed by atoms with Crippen molar-refractivity contribution >= 4 is 22.6 Å². The molecule has 0 saturated heterocycles. The van der Waals surface area contributed by atoms with Crippen molar-refractivity contribution in [2.75, 3.05) is 26.6 Å². The number of primary amides is 1. The fraction of sp³-hybridized carbons (Fsp3) is 0.417. The van der Waals surface area contributed by atoms with Crippen molar-refractivity contribution in [2.45, 2.75) is 39.8 Å². The Kier molecular flexibility index (Phi) is 7.48. The van der Waals surface area contributed by atoms with E-state index in [0.717, 1.165) is 6.07 Å². The molecule has 3 N–H and O–H groups in total. The van der Waals surface area contributed by atoms with Gasteiger partial charge in [-0.3, -0.25) is 4.79 Å². The van der Waals surface area contributed by atoms with Crippen LogP contribution in [0.3, 0.4) is 0 Å². The highest BCUT2D eigenvalue weighted by molar-refractivity contribution is 5.88. The number of fused-ring (bicyclic) bond motifs is 1. The van der Waals surface area contributed by atoms with Crippen LogP contribution in [0.2, 0.25) is 0 Å². The van der Waals surface area contributed by atoms with Crippen LogP contribution in [-0.2, 0) is 11.3 Å². The summed E-state index contributed by atoms with van der Waals surface area (Å²) in [6, 6.07) is 3.60. The van der Waals surface area contributed by atoms with Gasteiger partial charge < -0.3 is 29.8 Å². The minimum Gasteiger partial charge on any atom is -0.493 e. The van der Waals surface area contributed by atoms with Crippen molar-refractivity contribution in [3.05, 3.63) is 29.8 Å². The lowest BCUT2D eigenvalue weighted by molar-refractivity contribution is -0.119. The number of aryl methyl sites for hydroxylation is 1. The first-order chi connectivity index (χ1) is 16.2. The van der Waals surface area contributed by atoms with Gasteiger partial charge in [0.25, 0.3) is 0 Å². The topological polar surface area (TPSA) is 101 Å². The summed E-state index contributed by atoms with van der Waals surface area (Å²) in [6.07, 6.45) is 0.329. The number of halogens is 2. The van der Waals surface area contributed by atoms with Gasteiger partial charge >= 0.3 is 0 Å². The van der Waals surface area contributed by atoms with Gasteiger partial charge in [0, 0.05) is 18.2 Å². The number of nitrogens with one attached hydrogen (secondary N) is 1. The molecule has 0 aliphatic heterocycles. The second kappa shape index (κ2) is 10.1. The average molecular weight is 477 g/mol. The first-order valence-electron chi connectivity index (χ1n) is 10.9. The number of methoxy groups -OCH3 is 3. The van der Waals surface area contributed by atoms with Gasteiger partial charge in [-0.05, 0) is 31.4 Å². The minimum absolute atomic E-state index is 0.0904. The zero-order valence-corrected chi connectivity index (χ0v) is 20.2. The maximum absolute atomic E-state index is 15.7. The van der Waals surface area contributed by atoms with Crippen LogP contribution in [0.5, 0.6) is 17.2 Å². The van der Waals surface area contributed by atoms with Crippen molar-refractivity contribution in [2.24, 2.45) is 11.7 Å². The van der Waals surface area contributed by atoms with Crippen LogP contribution >= 0.6 is 0 Å². The van der Waals surface area contributed by atoms with Crippen LogP contribution in [-0.4, -0.2) is 42.8 Å². The predicted octanol–water partition coefficient (Wildman–Crippen LogP) is 4.34. The average Bonchev–Trinajstić information content (AvgIpc) is 3.17. The summed E-state index contributed by atoms with van der Waals surface area (Å²) in [4.78, 5) is 16.4. The van der Waals surface area contributed by atoms with E-state index in [2.05, 4.69) is 10.3 Å². The summed E-state index contributed by atoms with van der Waals surface area (Å²) in [5.41, 5.74) is 5.84. The molecule has 0 radical (unpaired) electrons. The Morgan fingerprint density at radius 3 is 2.21 bits per heavy atom. The number of imidazole rings is 1. The highest BCUT2D eigenvalue weighted by Crippen LogP contribution is 2.42. The molecule has 3 aromatic rings. The van der Waals surface area contributed by atoms with E-state index in [1.165, 1.54) is 21.3 Å². The second-order valence-corrected chi connectivity index (χ2v) is 8.24. The molecule has 1 aromatic heterocycles. The first-order valence-corrected chi connectivity index (χ1v) is 10.9. The number of carbonyl (C=O) groups is 1. The molecule has 0 bridgehead atoms. The van der Waals surface area contributed by atoms with Gasteiger partial charge in [0.15, 0.2) is 23.1 Å². The summed E-state index contributed by atoms with van der Waals surface area (Å²) < 4.78 is 48.5. The fourth-order valence-electron chi connectivity index (χ4n) is 3.98. The molecule has 184 valence electrons. The van der Waals surface area contributed by atoms with E-state index in [1.807, 2.05) is 20.8 Å². The number of benzene rings is 2. The standard InChI is InChI=1S/C24H30F2N4O4/c1-7-30-21-15(11-14(25)20(19(21)26)28-16(23(27)31)8-12(2)3)29-24(30)13-9-17(32-4)22(34-6)18(10-13)33-5/h9-12,16,28H,7-8H2,1-6H3,(H2,27,31)/t16-/m0/s1. The van der Waals surface area contributed by atoms with E-state index in [0.29, 0.717) is 41.6 Å². The molecule has 1 atom stereocenters. The van der Waals surface area contributed by atoms with Gasteiger partial charge in [-0.1, -0.05) is 13.8 Å². The van der Waals surface area contributed by atoms with Crippen molar-refractivity contribution in [1.29, 1.82) is 0 Å². The zero-order valence-electron chi connectivity index (χ0n) is 20.2. The van der Waals surface area contributed by atoms with E-state index in [9.17, 15) is 9.18 Å². The maximum Gasteiger partial charge on any atom is 0.239 e. The van der Waals surface area contributed by atoms with Crippen molar-refractivity contribution in [1.82, 2.24) is 9.55 Å². The Morgan fingerprint density at radius 2 is 1.74 bits per heavy atom. The quantitative estimate of drug-likeness (QED) is 0.452. The van der Waals surface area contributed by atoms with Crippen molar-refractivity contribution in [3.8, 4) is 28.6 Å². The summed E-state index contributed by atoms with van der Waals surface area (Å²) >= 11 is 0. The Balaban J connectivity index is 2.21. The highest BCUT2D eigenvalue weighted by Gasteiger charge is 2.26. The molecular weight excluding hydrogens is 446 g/mol. The largest absolute Gasteiger partial charge is 0.493 e. The summed E-state index contributed by atoms with van der Waals surface area (Å²) in [7, 11) is 4.47. The van der Waals surface area contributed by atoms with Crippen molar-refractivity contribution < 1.29 is 27.8 Å². The number of anilines is 1. The third-order valence-electron chi connectivity index (χ3n) is 5.53. The first kappa shape index (κ1) is 25.1. The second-order valence-electron chi connectivity index (χ2n) is 8.24. The van der Waals surface area contributed by atoms with Crippen LogP contribution in [0, 0.1) is 17.6 Å². The number of nitrogens with zero attached hydrogens (tertiary/aromatic N) is 2. The van der Waals surface area contributed by atoms with E-state index >= 15 is 4.39 Å². The number of aromatic nitrogens is 2. The smallest absolute Gasteiger partial charge is 0.239 e. The molecule has 8 nitrogen and oxygen atoms in total. The molecular formula is C24H30F2N4O4. The summed E-state index contributed by atoms with van der Waals surface area (Å²) in [5.74, 6) is -0.713. The molecule has 0 spiro atoms. The third kappa shape index (κ3) is 4.57. The Bertz CT molecular complexity index is 1180. The molecule has 2 aromatic carbocycles. The normalized spacial score (nSPS) is 12.1. The number of amides is 1. The Hall–Kier alpha value is -3.56. The summed E-state index contributed by atoms with van der Waals surface area (Å²) in [5, 5.41) is 2.67. The fourth-order valence-corrected chi connectivity index (χ4v) is 3.98. The van der Waals surface area contributed by atoms with E-state index in [4.69, 9.17) is 19.9 Å². The minimum atomic E-state index is -0.922. The lowest BCUT2D eigenvalue weighted by Crippen LogP contribution is -2.37. The number of hydrogen-bond donors (Lipinski definition) is 2. The van der Waals surface area contributed by atoms with Crippen LogP contribution < -0.4 is 25.3 Å². The predicted molar refractivity (Wildman–Crippen MR) is 126 cm³/mol. The molecule has 0 saturated carbocycles. The van der Waals surface area contributed by atoms with Gasteiger partial charge in [0.2, 0.25) is 11.7 Å². The van der Waals surface area contributed by atoms with Gasteiger partial charge in [-0.25, -0.2) is 13.8 Å². The number of carbonyl (C=O) groups excluding carboxylic acids is 1. The van der Waals surface area contributed by atoms with Crippen molar-refractivity contribution in [3.63, 3.8) is 0 Å². The van der Waals surface area contributed by atoms with Gasteiger partial charge in [0.05, 0.1) is 26.8 Å². The molecule has 0 unspecified atom stereocenters. The highest BCUT2D eigenvalue weighted by atomic mass is 19.1. The molecule has 0 aliphatic rings. The molecule has 0 aliphatic carbocycles. The van der Waals surface area contributed by atoms with Gasteiger partial charge in [-0.2, -0.15) is 0 Å². The molecule has 10 heteroatoms. The van der Waals surface area contributed by atoms with Crippen LogP contribution in [0.25, 0.3) is 22.4 Å². The monoisotopic (exact) mass is 476 g/mol. The lowest BCUT2D eigenvalue weighted by atomic mass is 10.0. The number of rotatable bonds is 10. The molecule has 3 rings (SSSR count). The number of hydrogen-bond acceptors (Lipinski definition) is 6. The van der Waals surface area contributed by atoms with Gasteiger partial charge in [-0.15, -0.1) is 0 Å². The molecule has 1 amide bonds. The Labute approximate surface area is 197 Å². The Morgan fingerprint density at radius 1 is 1.12 bits per heavy atom. The zero-order chi connectivity index (χ0) is 25.2. The lowest BCUT2D eigenvalue weighted by Gasteiger charge is -2.20. The van der Waals surface area contributed by atoms with E-state index in [-0.39, 0.29) is 17.0 Å². The summed E-state index contributed by atoms with van der Waals surface area (Å²) in [6.45, 7) is 5.95. The third-order valence-corrected chi connectivity index (χ3v) is 5.53. The molecule has 0 fully saturated rings. The van der Waals surface area contributed by atoms with Crippen LogP contribution in [0.4, 0.5) is 14.5 Å². The number of nitrogens with two attached hydrogens (primary N) is 1. The van der Waals surface area contributed by atoms with Crippen LogP contribution in [0.1, 0.15) is 27.2 Å². The molecule has 1 heterocycles. The SMILES string of the molecule is CCn1c(-c2cc(OC)c(OC)c(OC)c2)nc2cc(F)c(N[C@@H](CC(C)C)C(N)=O)c(F)c21. The van der Waals surface area contributed by atoms with E-state index in [1.54, 1.807) is 16.7 Å². The van der Waals surface area contributed by atoms with Crippen LogP contribution in [0.15, 0.2) is 18.2 Å². The number of ether oxygens (including phenoxy) is 3. The van der Waals surface area contributed by atoms with E-state index < -0.39 is 29.3 Å². The molecule has 34 heavy (non-hydrogen) atoms. The van der Waals surface area contributed by atoms with Gasteiger partial charge in [0.1, 0.15) is 23.1 Å².